The van der Waals surface area contributed by atoms with E-state index in [4.69, 9.17) is 15.2 Å². The highest BCUT2D eigenvalue weighted by Crippen LogP contribution is 2.26. The Morgan fingerprint density at radius 2 is 2.08 bits per heavy atom. The average Bonchev–Trinajstić information content (AvgIpc) is 3.31. The van der Waals surface area contributed by atoms with Gasteiger partial charge in [-0.3, -0.25) is 0 Å². The molecule has 3 N–H and O–H groups in total. The summed E-state index contributed by atoms with van der Waals surface area (Å²) in [4.78, 5) is 26.7. The van der Waals surface area contributed by atoms with E-state index in [-0.39, 0.29) is 23.4 Å². The molecule has 4 rings (SSSR count). The molecule has 1 fully saturated rings. The first kappa shape index (κ1) is 25.0. The third-order valence-electron chi connectivity index (χ3n) is 5.82. The molecule has 190 valence electrons. The normalized spacial score (nSPS) is 15.4. The minimum atomic E-state index is -0.507. The number of rotatable bonds is 6. The van der Waals surface area contributed by atoms with Crippen LogP contribution in [0.25, 0.3) is 5.52 Å². The number of carbonyl (C=O) groups excluding carboxylic acids is 1. The summed E-state index contributed by atoms with van der Waals surface area (Å²) in [5, 5.41) is 17.1. The second-order valence-corrected chi connectivity index (χ2v) is 9.80. The summed E-state index contributed by atoms with van der Waals surface area (Å²) in [7, 11) is 0. The van der Waals surface area contributed by atoms with E-state index in [0.717, 1.165) is 18.4 Å². The average molecular weight is 494 g/mol. The molecular formula is C24H31N9O3. The largest absolute Gasteiger partial charge is 0.476 e. The highest BCUT2D eigenvalue weighted by atomic mass is 16.6. The van der Waals surface area contributed by atoms with Crippen molar-refractivity contribution >= 4 is 23.2 Å². The number of nitrogen functional groups attached to an aromatic ring is 1. The standard InChI is InChI=1S/C24H31N9O3/c1-15(29-21-17(12-25)19(26)27-14-28-21)20-30-22(18-6-5-9-33(18)31-20)35-13-16-7-10-32(11-8-16)23(34)36-24(2,3)4/h5-6,9,14-16H,7-8,10-11,13H2,1-4H3,(H3,26,27,28,29)/t15-/m0/s1. The molecule has 3 aromatic heterocycles. The van der Waals surface area contributed by atoms with Crippen LogP contribution >= 0.6 is 0 Å². The zero-order valence-electron chi connectivity index (χ0n) is 20.9. The number of anilines is 2. The van der Waals surface area contributed by atoms with E-state index in [9.17, 15) is 10.1 Å². The highest BCUT2D eigenvalue weighted by Gasteiger charge is 2.27. The fourth-order valence-electron chi connectivity index (χ4n) is 3.91. The van der Waals surface area contributed by atoms with Crippen LogP contribution in [0.2, 0.25) is 0 Å². The second-order valence-electron chi connectivity index (χ2n) is 9.80. The van der Waals surface area contributed by atoms with Crippen molar-refractivity contribution in [2.75, 3.05) is 30.7 Å². The van der Waals surface area contributed by atoms with Crippen LogP contribution in [-0.2, 0) is 4.74 Å². The van der Waals surface area contributed by atoms with E-state index in [1.54, 1.807) is 9.42 Å². The maximum absolute atomic E-state index is 12.3. The van der Waals surface area contributed by atoms with Gasteiger partial charge in [-0.2, -0.15) is 15.3 Å². The molecule has 1 atom stereocenters. The van der Waals surface area contributed by atoms with Gasteiger partial charge in [0.2, 0.25) is 5.88 Å². The Labute approximate surface area is 209 Å². The summed E-state index contributed by atoms with van der Waals surface area (Å²) in [6.45, 7) is 9.19. The molecule has 0 unspecified atom stereocenters. The Morgan fingerprint density at radius 1 is 1.33 bits per heavy atom. The first-order chi connectivity index (χ1) is 17.1. The van der Waals surface area contributed by atoms with E-state index < -0.39 is 11.6 Å². The van der Waals surface area contributed by atoms with Crippen molar-refractivity contribution in [2.24, 2.45) is 5.92 Å². The zero-order chi connectivity index (χ0) is 25.9. The van der Waals surface area contributed by atoms with Crippen LogP contribution in [0.5, 0.6) is 5.88 Å². The Bertz CT molecular complexity index is 1270. The lowest BCUT2D eigenvalue weighted by Gasteiger charge is -2.33. The first-order valence-corrected chi connectivity index (χ1v) is 11.9. The fourth-order valence-corrected chi connectivity index (χ4v) is 3.91. The molecule has 0 radical (unpaired) electrons. The monoisotopic (exact) mass is 493 g/mol. The number of likely N-dealkylation sites (tertiary alicyclic amines) is 1. The maximum atomic E-state index is 12.3. The summed E-state index contributed by atoms with van der Waals surface area (Å²) < 4.78 is 13.4. The van der Waals surface area contributed by atoms with Gasteiger partial charge in [-0.05, 0) is 58.6 Å². The Kier molecular flexibility index (Phi) is 7.10. The van der Waals surface area contributed by atoms with Crippen molar-refractivity contribution in [2.45, 2.75) is 52.2 Å². The smallest absolute Gasteiger partial charge is 0.410 e. The molecule has 1 aliphatic heterocycles. The maximum Gasteiger partial charge on any atom is 0.410 e. The van der Waals surface area contributed by atoms with Crippen LogP contribution < -0.4 is 15.8 Å². The van der Waals surface area contributed by atoms with Gasteiger partial charge >= 0.3 is 6.09 Å². The minimum Gasteiger partial charge on any atom is -0.476 e. The molecule has 3 aromatic rings. The summed E-state index contributed by atoms with van der Waals surface area (Å²) in [6.07, 6.45) is 4.48. The number of hydrogen-bond acceptors (Lipinski definition) is 10. The number of aromatic nitrogens is 5. The molecule has 1 aliphatic rings. The van der Waals surface area contributed by atoms with E-state index >= 15 is 0 Å². The van der Waals surface area contributed by atoms with E-state index in [1.807, 2.05) is 52.1 Å². The number of nitrogens with two attached hydrogens (primary N) is 1. The van der Waals surface area contributed by atoms with Gasteiger partial charge in [-0.25, -0.2) is 19.3 Å². The van der Waals surface area contributed by atoms with Crippen molar-refractivity contribution < 1.29 is 14.3 Å². The summed E-state index contributed by atoms with van der Waals surface area (Å²) in [6, 6.07) is 5.39. The van der Waals surface area contributed by atoms with Gasteiger partial charge in [-0.15, -0.1) is 0 Å². The van der Waals surface area contributed by atoms with Crippen molar-refractivity contribution in [3.63, 3.8) is 0 Å². The van der Waals surface area contributed by atoms with Gasteiger partial charge in [0.25, 0.3) is 0 Å². The van der Waals surface area contributed by atoms with Gasteiger partial charge in [0.1, 0.15) is 40.7 Å². The SMILES string of the molecule is C[C@H](Nc1ncnc(N)c1C#N)c1nc(OCC2CCN(C(=O)OC(C)(C)C)CC2)c2cccn2n1. The number of ether oxygens (including phenoxy) is 2. The van der Waals surface area contributed by atoms with Crippen molar-refractivity contribution in [1.29, 1.82) is 5.26 Å². The molecular weight excluding hydrogens is 462 g/mol. The van der Waals surface area contributed by atoms with Crippen LogP contribution in [0.3, 0.4) is 0 Å². The number of fused-ring (bicyclic) bond motifs is 1. The fraction of sp³-hybridized carbons (Fsp3) is 0.500. The van der Waals surface area contributed by atoms with Crippen molar-refractivity contribution in [3.05, 3.63) is 36.0 Å². The Balaban J connectivity index is 1.42. The lowest BCUT2D eigenvalue weighted by molar-refractivity contribution is 0.0164. The van der Waals surface area contributed by atoms with E-state index in [0.29, 0.717) is 37.2 Å². The Hall–Kier alpha value is -4.14. The molecule has 0 spiro atoms. The van der Waals surface area contributed by atoms with Gasteiger partial charge in [-0.1, -0.05) is 0 Å². The lowest BCUT2D eigenvalue weighted by Crippen LogP contribution is -2.42. The van der Waals surface area contributed by atoms with Crippen molar-refractivity contribution in [1.82, 2.24) is 29.5 Å². The summed E-state index contributed by atoms with van der Waals surface area (Å²) >= 11 is 0. The van der Waals surface area contributed by atoms with Crippen molar-refractivity contribution in [3.8, 4) is 11.9 Å². The molecule has 0 bridgehead atoms. The van der Waals surface area contributed by atoms with Gasteiger partial charge in [0.05, 0.1) is 12.6 Å². The predicted octanol–water partition coefficient (Wildman–Crippen LogP) is 3.17. The predicted molar refractivity (Wildman–Crippen MR) is 132 cm³/mol. The molecule has 36 heavy (non-hydrogen) atoms. The lowest BCUT2D eigenvalue weighted by atomic mass is 9.98. The summed E-state index contributed by atoms with van der Waals surface area (Å²) in [5.74, 6) is 1.64. The van der Waals surface area contributed by atoms with Crippen LogP contribution in [-0.4, -0.2) is 60.9 Å². The molecule has 4 heterocycles. The van der Waals surface area contributed by atoms with Crippen LogP contribution in [0, 0.1) is 17.2 Å². The third kappa shape index (κ3) is 5.73. The molecule has 0 aromatic carbocycles. The first-order valence-electron chi connectivity index (χ1n) is 11.9. The number of hydrogen-bond donors (Lipinski definition) is 2. The molecule has 1 amide bonds. The molecule has 12 heteroatoms. The van der Waals surface area contributed by atoms with Crippen LogP contribution in [0.15, 0.2) is 24.7 Å². The van der Waals surface area contributed by atoms with Gasteiger partial charge in [0, 0.05) is 19.3 Å². The number of nitriles is 1. The highest BCUT2D eigenvalue weighted by molar-refractivity contribution is 5.68. The number of nitrogens with zero attached hydrogens (tertiary/aromatic N) is 7. The zero-order valence-corrected chi connectivity index (χ0v) is 20.9. The number of nitrogens with one attached hydrogen (secondary N) is 1. The van der Waals surface area contributed by atoms with E-state index in [1.165, 1.54) is 6.33 Å². The number of carbonyl (C=O) groups is 1. The molecule has 12 nitrogen and oxygen atoms in total. The quantitative estimate of drug-likeness (QED) is 0.522. The van der Waals surface area contributed by atoms with Crippen LogP contribution in [0.1, 0.15) is 58.0 Å². The second kappa shape index (κ2) is 10.2. The number of amides is 1. The van der Waals surface area contributed by atoms with Gasteiger partial charge in [0.15, 0.2) is 5.82 Å². The Morgan fingerprint density at radius 3 is 2.78 bits per heavy atom. The number of piperidine rings is 1. The minimum absolute atomic E-state index is 0.103. The molecule has 1 saturated heterocycles. The third-order valence-corrected chi connectivity index (χ3v) is 5.82. The van der Waals surface area contributed by atoms with Crippen LogP contribution in [0.4, 0.5) is 16.4 Å². The topological polar surface area (TPSA) is 157 Å². The molecule has 0 saturated carbocycles. The molecule has 0 aliphatic carbocycles. The van der Waals surface area contributed by atoms with E-state index in [2.05, 4.69) is 25.4 Å². The summed E-state index contributed by atoms with van der Waals surface area (Å²) in [5.41, 5.74) is 6.21. The van der Waals surface area contributed by atoms with Gasteiger partial charge < -0.3 is 25.4 Å².